The highest BCUT2D eigenvalue weighted by atomic mass is 16.5. The highest BCUT2D eigenvalue weighted by Gasteiger charge is 2.17. The van der Waals surface area contributed by atoms with Crippen LogP contribution in [0.1, 0.15) is 53.3 Å². The third kappa shape index (κ3) is 5.09. The molecule has 27 heavy (non-hydrogen) atoms. The van der Waals surface area contributed by atoms with E-state index in [9.17, 15) is 9.59 Å². The highest BCUT2D eigenvalue weighted by Crippen LogP contribution is 2.18. The zero-order chi connectivity index (χ0) is 19.1. The lowest BCUT2D eigenvalue weighted by molar-refractivity contribution is 0.0761. The van der Waals surface area contributed by atoms with Crippen LogP contribution in [0.15, 0.2) is 48.5 Å². The largest absolute Gasteiger partial charge is 0.494 e. The van der Waals surface area contributed by atoms with E-state index in [4.69, 9.17) is 4.74 Å². The van der Waals surface area contributed by atoms with Crippen molar-refractivity contribution in [1.29, 1.82) is 0 Å². The molecular weight excluding hydrogens is 340 g/mol. The van der Waals surface area contributed by atoms with Crippen LogP contribution >= 0.6 is 0 Å². The van der Waals surface area contributed by atoms with Crippen LogP contribution in [0, 0.1) is 0 Å². The molecule has 2 aromatic carbocycles. The summed E-state index contributed by atoms with van der Waals surface area (Å²) in [5.74, 6) is 0.533. The minimum absolute atomic E-state index is 0.0687. The zero-order valence-corrected chi connectivity index (χ0v) is 15.7. The van der Waals surface area contributed by atoms with Gasteiger partial charge in [0.15, 0.2) is 0 Å². The maximum absolute atomic E-state index is 12.6. The van der Waals surface area contributed by atoms with Crippen LogP contribution in [-0.4, -0.2) is 36.4 Å². The number of carbonyl (C=O) groups is 2. The predicted octanol–water partition coefficient (Wildman–Crippen LogP) is 4.35. The van der Waals surface area contributed by atoms with Crippen LogP contribution in [-0.2, 0) is 0 Å². The summed E-state index contributed by atoms with van der Waals surface area (Å²) in [6.45, 7) is 4.11. The molecule has 142 valence electrons. The van der Waals surface area contributed by atoms with E-state index in [-0.39, 0.29) is 11.8 Å². The SMILES string of the molecule is CCOc1cccc(C(=O)Nc2ccc(C(=O)N3CCCCCC3)cc2)c1. The highest BCUT2D eigenvalue weighted by molar-refractivity contribution is 6.04. The Morgan fingerprint density at radius 1 is 0.963 bits per heavy atom. The van der Waals surface area contributed by atoms with Crippen LogP contribution in [0.3, 0.4) is 0 Å². The lowest BCUT2D eigenvalue weighted by atomic mass is 10.1. The number of ether oxygens (including phenoxy) is 1. The van der Waals surface area contributed by atoms with Gasteiger partial charge in [-0.2, -0.15) is 0 Å². The second-order valence-corrected chi connectivity index (χ2v) is 6.70. The second kappa shape index (κ2) is 9.21. The number of carbonyl (C=O) groups excluding carboxylic acids is 2. The summed E-state index contributed by atoms with van der Waals surface area (Å²) in [5.41, 5.74) is 1.85. The van der Waals surface area contributed by atoms with Crippen molar-refractivity contribution < 1.29 is 14.3 Å². The van der Waals surface area contributed by atoms with Crippen LogP contribution in [0.25, 0.3) is 0 Å². The predicted molar refractivity (Wildman–Crippen MR) is 106 cm³/mol. The number of anilines is 1. The normalized spacial score (nSPS) is 14.3. The number of rotatable bonds is 5. The molecule has 1 saturated heterocycles. The summed E-state index contributed by atoms with van der Waals surface area (Å²) in [6, 6.07) is 14.2. The Hall–Kier alpha value is -2.82. The summed E-state index contributed by atoms with van der Waals surface area (Å²) in [6.07, 6.45) is 4.53. The van der Waals surface area contributed by atoms with Gasteiger partial charge in [0.25, 0.3) is 11.8 Å². The fourth-order valence-electron chi connectivity index (χ4n) is 3.25. The number of nitrogens with zero attached hydrogens (tertiary/aromatic N) is 1. The number of hydrogen-bond donors (Lipinski definition) is 1. The first kappa shape index (κ1) is 19.0. The Morgan fingerprint density at radius 2 is 1.67 bits per heavy atom. The minimum Gasteiger partial charge on any atom is -0.494 e. The summed E-state index contributed by atoms with van der Waals surface area (Å²) in [7, 11) is 0. The molecule has 3 rings (SSSR count). The maximum atomic E-state index is 12.6. The van der Waals surface area contributed by atoms with Gasteiger partial charge in [0.1, 0.15) is 5.75 Å². The van der Waals surface area contributed by atoms with E-state index in [0.29, 0.717) is 29.2 Å². The maximum Gasteiger partial charge on any atom is 0.255 e. The van der Waals surface area contributed by atoms with Crippen molar-refractivity contribution in [2.45, 2.75) is 32.6 Å². The van der Waals surface area contributed by atoms with E-state index in [0.717, 1.165) is 25.9 Å². The Labute approximate surface area is 160 Å². The van der Waals surface area contributed by atoms with Crippen LogP contribution in [0.2, 0.25) is 0 Å². The molecule has 1 aliphatic rings. The van der Waals surface area contributed by atoms with Crippen molar-refractivity contribution in [3.05, 3.63) is 59.7 Å². The Kier molecular flexibility index (Phi) is 6.47. The monoisotopic (exact) mass is 366 g/mol. The molecule has 5 heteroatoms. The molecule has 0 atom stereocenters. The van der Waals surface area contributed by atoms with Gasteiger partial charge in [0, 0.05) is 29.9 Å². The van der Waals surface area contributed by atoms with E-state index >= 15 is 0 Å². The zero-order valence-electron chi connectivity index (χ0n) is 15.7. The summed E-state index contributed by atoms with van der Waals surface area (Å²) >= 11 is 0. The van der Waals surface area contributed by atoms with Crippen molar-refractivity contribution in [2.24, 2.45) is 0 Å². The van der Waals surface area contributed by atoms with Gasteiger partial charge in [-0.3, -0.25) is 9.59 Å². The van der Waals surface area contributed by atoms with Crippen molar-refractivity contribution in [2.75, 3.05) is 25.0 Å². The summed E-state index contributed by atoms with van der Waals surface area (Å²) in [5, 5.41) is 2.86. The smallest absolute Gasteiger partial charge is 0.255 e. The second-order valence-electron chi connectivity index (χ2n) is 6.70. The van der Waals surface area contributed by atoms with Gasteiger partial charge in [-0.05, 0) is 62.2 Å². The van der Waals surface area contributed by atoms with Crippen molar-refractivity contribution in [3.8, 4) is 5.75 Å². The molecular formula is C22H26N2O3. The molecule has 1 fully saturated rings. The van der Waals surface area contributed by atoms with Gasteiger partial charge in [-0.15, -0.1) is 0 Å². The lowest BCUT2D eigenvalue weighted by Crippen LogP contribution is -2.31. The number of nitrogens with one attached hydrogen (secondary N) is 1. The third-order valence-corrected chi connectivity index (χ3v) is 4.69. The molecule has 0 radical (unpaired) electrons. The molecule has 1 aliphatic heterocycles. The molecule has 0 unspecified atom stereocenters. The Balaban J connectivity index is 1.64. The third-order valence-electron chi connectivity index (χ3n) is 4.69. The van der Waals surface area contributed by atoms with E-state index in [1.807, 2.05) is 17.9 Å². The molecule has 5 nitrogen and oxygen atoms in total. The van der Waals surface area contributed by atoms with Gasteiger partial charge >= 0.3 is 0 Å². The average Bonchev–Trinajstić information content (AvgIpc) is 2.98. The number of benzene rings is 2. The van der Waals surface area contributed by atoms with E-state index in [1.54, 1.807) is 42.5 Å². The quantitative estimate of drug-likeness (QED) is 0.856. The van der Waals surface area contributed by atoms with E-state index in [1.165, 1.54) is 12.8 Å². The molecule has 0 saturated carbocycles. The van der Waals surface area contributed by atoms with E-state index in [2.05, 4.69) is 5.32 Å². The van der Waals surface area contributed by atoms with Gasteiger partial charge in [-0.25, -0.2) is 0 Å². The van der Waals surface area contributed by atoms with Gasteiger partial charge in [0.05, 0.1) is 6.61 Å². The summed E-state index contributed by atoms with van der Waals surface area (Å²) < 4.78 is 5.43. The minimum atomic E-state index is -0.205. The van der Waals surface area contributed by atoms with Crippen LogP contribution in [0.4, 0.5) is 5.69 Å². The van der Waals surface area contributed by atoms with Crippen LogP contribution < -0.4 is 10.1 Å². The Bertz CT molecular complexity index is 778. The molecule has 2 aromatic rings. The first-order chi connectivity index (χ1) is 13.2. The topological polar surface area (TPSA) is 58.6 Å². The average molecular weight is 366 g/mol. The van der Waals surface area contributed by atoms with Crippen molar-refractivity contribution in [3.63, 3.8) is 0 Å². The summed E-state index contributed by atoms with van der Waals surface area (Å²) in [4.78, 5) is 27.0. The first-order valence-corrected chi connectivity index (χ1v) is 9.61. The number of hydrogen-bond acceptors (Lipinski definition) is 3. The lowest BCUT2D eigenvalue weighted by Gasteiger charge is -2.20. The van der Waals surface area contributed by atoms with Crippen LogP contribution in [0.5, 0.6) is 5.75 Å². The Morgan fingerprint density at radius 3 is 2.33 bits per heavy atom. The van der Waals surface area contributed by atoms with E-state index < -0.39 is 0 Å². The molecule has 2 amide bonds. The fraction of sp³-hybridized carbons (Fsp3) is 0.364. The fourth-order valence-corrected chi connectivity index (χ4v) is 3.25. The molecule has 0 aliphatic carbocycles. The molecule has 0 spiro atoms. The number of amides is 2. The number of likely N-dealkylation sites (tertiary alicyclic amines) is 1. The molecule has 1 N–H and O–H groups in total. The van der Waals surface area contributed by atoms with Gasteiger partial charge in [0.2, 0.25) is 0 Å². The molecule has 0 bridgehead atoms. The standard InChI is InChI=1S/C22H26N2O3/c1-2-27-20-9-7-8-18(16-20)21(25)23-19-12-10-17(11-13-19)22(26)24-14-5-3-4-6-15-24/h7-13,16H,2-6,14-15H2,1H3,(H,23,25). The van der Waals surface area contributed by atoms with Gasteiger partial charge < -0.3 is 15.0 Å². The molecule has 1 heterocycles. The molecule has 0 aromatic heterocycles. The van der Waals surface area contributed by atoms with Crippen molar-refractivity contribution in [1.82, 2.24) is 4.90 Å². The van der Waals surface area contributed by atoms with Gasteiger partial charge in [-0.1, -0.05) is 18.9 Å². The first-order valence-electron chi connectivity index (χ1n) is 9.61. The van der Waals surface area contributed by atoms with Crippen molar-refractivity contribution >= 4 is 17.5 Å².